The summed E-state index contributed by atoms with van der Waals surface area (Å²) in [6.45, 7) is 0.790. The van der Waals surface area contributed by atoms with E-state index >= 15 is 0 Å². The van der Waals surface area contributed by atoms with Crippen molar-refractivity contribution in [3.8, 4) is 6.07 Å². The Balaban J connectivity index is 2.20. The Hall–Kier alpha value is -2.16. The first-order valence-corrected chi connectivity index (χ1v) is 5.46. The van der Waals surface area contributed by atoms with Gasteiger partial charge in [0.1, 0.15) is 17.9 Å². The van der Waals surface area contributed by atoms with Crippen LogP contribution in [0.5, 0.6) is 0 Å². The van der Waals surface area contributed by atoms with Gasteiger partial charge in [-0.2, -0.15) is 5.26 Å². The van der Waals surface area contributed by atoms with E-state index in [0.29, 0.717) is 5.82 Å². The van der Waals surface area contributed by atoms with Gasteiger partial charge in [0.05, 0.1) is 12.4 Å². The number of carbonyl (C=O) groups excluding carboxylic acids is 1. The molecular weight excluding hydrogens is 218 g/mol. The monoisotopic (exact) mass is 231 g/mol. The lowest BCUT2D eigenvalue weighted by atomic mass is 10.2. The lowest BCUT2D eigenvalue weighted by Crippen LogP contribution is -2.42. The Kier molecular flexibility index (Phi) is 3.19. The van der Waals surface area contributed by atoms with E-state index < -0.39 is 0 Å². The minimum atomic E-state index is -0.178. The number of likely N-dealkylation sites (N-methyl/N-ethyl adjacent to an activating group) is 1. The van der Waals surface area contributed by atoms with Gasteiger partial charge in [-0.3, -0.25) is 4.79 Å². The van der Waals surface area contributed by atoms with Crippen molar-refractivity contribution in [1.82, 2.24) is 15.3 Å². The molecule has 1 fully saturated rings. The van der Waals surface area contributed by atoms with Gasteiger partial charge in [-0.1, -0.05) is 0 Å². The first kappa shape index (κ1) is 11.3. The van der Waals surface area contributed by atoms with Gasteiger partial charge in [-0.05, 0) is 12.8 Å². The smallest absolute Gasteiger partial charge is 0.242 e. The SMILES string of the molecule is CNC(=O)C1CCCN1c1cnc(C#N)cn1. The number of aromatic nitrogens is 2. The third kappa shape index (κ3) is 2.18. The van der Waals surface area contributed by atoms with E-state index in [0.717, 1.165) is 19.4 Å². The van der Waals surface area contributed by atoms with E-state index in [-0.39, 0.29) is 17.6 Å². The zero-order valence-electron chi connectivity index (χ0n) is 9.55. The summed E-state index contributed by atoms with van der Waals surface area (Å²) in [4.78, 5) is 21.7. The van der Waals surface area contributed by atoms with Crippen LogP contribution >= 0.6 is 0 Å². The van der Waals surface area contributed by atoms with Crippen LogP contribution in [0.25, 0.3) is 0 Å². The van der Waals surface area contributed by atoms with Gasteiger partial charge >= 0.3 is 0 Å². The summed E-state index contributed by atoms with van der Waals surface area (Å²) in [7, 11) is 1.63. The maximum absolute atomic E-state index is 11.7. The molecule has 0 aromatic carbocycles. The van der Waals surface area contributed by atoms with E-state index in [2.05, 4.69) is 15.3 Å². The topological polar surface area (TPSA) is 81.9 Å². The summed E-state index contributed by atoms with van der Waals surface area (Å²) >= 11 is 0. The van der Waals surface area contributed by atoms with Gasteiger partial charge in [0.15, 0.2) is 5.69 Å². The minimum absolute atomic E-state index is 0.00587. The highest BCUT2D eigenvalue weighted by molar-refractivity contribution is 5.85. The van der Waals surface area contributed by atoms with Crippen molar-refractivity contribution in [3.63, 3.8) is 0 Å². The lowest BCUT2D eigenvalue weighted by molar-refractivity contribution is -0.121. The maximum Gasteiger partial charge on any atom is 0.242 e. The van der Waals surface area contributed by atoms with Crippen molar-refractivity contribution < 1.29 is 4.79 Å². The number of carbonyl (C=O) groups is 1. The number of hydrogen-bond donors (Lipinski definition) is 1. The molecular formula is C11H13N5O. The predicted octanol–water partition coefficient (Wildman–Crippen LogP) is 0.0631. The highest BCUT2D eigenvalue weighted by Gasteiger charge is 2.30. The summed E-state index contributed by atoms with van der Waals surface area (Å²) in [5, 5.41) is 11.3. The zero-order chi connectivity index (χ0) is 12.3. The second kappa shape index (κ2) is 4.78. The van der Waals surface area contributed by atoms with Crippen LogP contribution in [0.4, 0.5) is 5.82 Å². The van der Waals surface area contributed by atoms with Crippen LogP contribution < -0.4 is 10.2 Å². The summed E-state index contributed by atoms with van der Waals surface area (Å²) in [5.41, 5.74) is 0.282. The van der Waals surface area contributed by atoms with Crippen LogP contribution in [0.15, 0.2) is 12.4 Å². The Morgan fingerprint density at radius 3 is 3.00 bits per heavy atom. The Bertz CT molecular complexity index is 450. The predicted molar refractivity (Wildman–Crippen MR) is 61.2 cm³/mol. The normalized spacial score (nSPS) is 18.8. The van der Waals surface area contributed by atoms with Gasteiger partial charge in [-0.25, -0.2) is 9.97 Å². The van der Waals surface area contributed by atoms with Crippen molar-refractivity contribution in [3.05, 3.63) is 18.1 Å². The molecule has 1 saturated heterocycles. The molecule has 88 valence electrons. The molecule has 0 radical (unpaired) electrons. The largest absolute Gasteiger partial charge is 0.357 e. The van der Waals surface area contributed by atoms with Crippen LogP contribution in [-0.2, 0) is 4.79 Å². The van der Waals surface area contributed by atoms with E-state index in [1.165, 1.54) is 6.20 Å². The molecule has 2 heterocycles. The average Bonchev–Trinajstić information content (AvgIpc) is 2.87. The first-order chi connectivity index (χ1) is 8.26. The van der Waals surface area contributed by atoms with Gasteiger partial charge in [0, 0.05) is 13.6 Å². The van der Waals surface area contributed by atoms with Gasteiger partial charge in [-0.15, -0.1) is 0 Å². The number of nitrogens with one attached hydrogen (secondary N) is 1. The number of rotatable bonds is 2. The average molecular weight is 231 g/mol. The molecule has 1 atom stereocenters. The van der Waals surface area contributed by atoms with Crippen molar-refractivity contribution in [1.29, 1.82) is 5.26 Å². The highest BCUT2D eigenvalue weighted by Crippen LogP contribution is 2.23. The van der Waals surface area contributed by atoms with E-state index in [1.807, 2.05) is 11.0 Å². The highest BCUT2D eigenvalue weighted by atomic mass is 16.2. The van der Waals surface area contributed by atoms with E-state index in [4.69, 9.17) is 5.26 Å². The van der Waals surface area contributed by atoms with Gasteiger partial charge in [0.25, 0.3) is 0 Å². The number of amides is 1. The number of anilines is 1. The van der Waals surface area contributed by atoms with Crippen molar-refractivity contribution >= 4 is 11.7 Å². The van der Waals surface area contributed by atoms with E-state index in [9.17, 15) is 4.79 Å². The molecule has 1 N–H and O–H groups in total. The van der Waals surface area contributed by atoms with Gasteiger partial charge in [0.2, 0.25) is 5.91 Å². The fourth-order valence-corrected chi connectivity index (χ4v) is 2.01. The number of nitrogens with zero attached hydrogens (tertiary/aromatic N) is 4. The second-order valence-corrected chi connectivity index (χ2v) is 3.84. The molecule has 0 spiro atoms. The molecule has 6 heteroatoms. The molecule has 1 aliphatic heterocycles. The third-order valence-corrected chi connectivity index (χ3v) is 2.85. The molecule has 1 amide bonds. The Labute approximate surface area is 99.3 Å². The minimum Gasteiger partial charge on any atom is -0.357 e. The molecule has 0 aliphatic carbocycles. The fourth-order valence-electron chi connectivity index (χ4n) is 2.01. The molecule has 0 bridgehead atoms. The van der Waals surface area contributed by atoms with Crippen molar-refractivity contribution in [2.75, 3.05) is 18.5 Å². The summed E-state index contributed by atoms with van der Waals surface area (Å²) in [6.07, 6.45) is 4.75. The summed E-state index contributed by atoms with van der Waals surface area (Å²) in [6, 6.07) is 1.74. The summed E-state index contributed by atoms with van der Waals surface area (Å²) in [5.74, 6) is 0.642. The van der Waals surface area contributed by atoms with Crippen LogP contribution in [0.2, 0.25) is 0 Å². The van der Waals surface area contributed by atoms with Gasteiger partial charge < -0.3 is 10.2 Å². The fraction of sp³-hybridized carbons (Fsp3) is 0.455. The molecule has 6 nitrogen and oxygen atoms in total. The zero-order valence-corrected chi connectivity index (χ0v) is 9.55. The van der Waals surface area contributed by atoms with E-state index in [1.54, 1.807) is 13.2 Å². The molecule has 2 rings (SSSR count). The van der Waals surface area contributed by atoms with Crippen LogP contribution in [0.3, 0.4) is 0 Å². The number of hydrogen-bond acceptors (Lipinski definition) is 5. The summed E-state index contributed by atoms with van der Waals surface area (Å²) < 4.78 is 0. The molecule has 1 aromatic rings. The molecule has 0 saturated carbocycles. The Morgan fingerprint density at radius 1 is 1.59 bits per heavy atom. The molecule has 1 unspecified atom stereocenters. The quantitative estimate of drug-likeness (QED) is 0.778. The third-order valence-electron chi connectivity index (χ3n) is 2.85. The number of nitriles is 1. The Morgan fingerprint density at radius 2 is 2.41 bits per heavy atom. The maximum atomic E-state index is 11.7. The van der Waals surface area contributed by atoms with Crippen molar-refractivity contribution in [2.45, 2.75) is 18.9 Å². The second-order valence-electron chi connectivity index (χ2n) is 3.84. The van der Waals surface area contributed by atoms with Crippen molar-refractivity contribution in [2.24, 2.45) is 0 Å². The standard InChI is InChI=1S/C11H13N5O/c1-13-11(17)9-3-2-4-16(9)10-7-14-8(5-12)6-15-10/h6-7,9H,2-4H2,1H3,(H,13,17). The van der Waals surface area contributed by atoms with Crippen LogP contribution in [0.1, 0.15) is 18.5 Å². The molecule has 1 aliphatic rings. The van der Waals surface area contributed by atoms with Crippen LogP contribution in [-0.4, -0.2) is 35.5 Å². The van der Waals surface area contributed by atoms with Crippen LogP contribution in [0, 0.1) is 11.3 Å². The lowest BCUT2D eigenvalue weighted by Gasteiger charge is -2.23. The molecule has 17 heavy (non-hydrogen) atoms. The first-order valence-electron chi connectivity index (χ1n) is 5.46. The molecule has 1 aromatic heterocycles.